The number of halogens is 1. The molecule has 1 heterocycles. The lowest BCUT2D eigenvalue weighted by atomic mass is 10.3. The Morgan fingerprint density at radius 1 is 1.67 bits per heavy atom. The van der Waals surface area contributed by atoms with Crippen LogP contribution in [-0.4, -0.2) is 44.0 Å². The van der Waals surface area contributed by atoms with Gasteiger partial charge in [-0.3, -0.25) is 4.90 Å². The molecule has 0 aliphatic heterocycles. The molecule has 0 radical (unpaired) electrons. The minimum Gasteiger partial charge on any atom is -0.299 e. The average Bonchev–Trinajstić information content (AvgIpc) is 3.07. The Balaban J connectivity index is 1.92. The van der Waals surface area contributed by atoms with Crippen LogP contribution in [0, 0.1) is 0 Å². The van der Waals surface area contributed by atoms with Gasteiger partial charge in [-0.25, -0.2) is 18.1 Å². The standard InChI is InChI=1S/C10H16ClN3O2S2/c1-7(14(2)8-3-4-8)5-13-18(15,16)9-6-12-10(11)17-9/h6-8,13H,3-5H2,1-2H3. The fraction of sp³-hybridized carbons (Fsp3) is 0.700. The maximum Gasteiger partial charge on any atom is 0.251 e. The highest BCUT2D eigenvalue weighted by Crippen LogP contribution is 2.27. The molecule has 0 saturated heterocycles. The van der Waals surface area contributed by atoms with E-state index in [1.807, 2.05) is 14.0 Å². The predicted octanol–water partition coefficient (Wildman–Crippen LogP) is 1.56. The molecule has 1 atom stereocenters. The lowest BCUT2D eigenvalue weighted by Crippen LogP contribution is -2.40. The van der Waals surface area contributed by atoms with Gasteiger partial charge in [0.05, 0.1) is 6.20 Å². The van der Waals surface area contributed by atoms with Crippen molar-refractivity contribution in [3.63, 3.8) is 0 Å². The summed E-state index contributed by atoms with van der Waals surface area (Å²) in [6, 6.07) is 0.790. The SMILES string of the molecule is CC(CNS(=O)(=O)c1cnc(Cl)s1)N(C)C1CC1. The third kappa shape index (κ3) is 3.42. The maximum atomic E-state index is 11.9. The van der Waals surface area contributed by atoms with E-state index in [1.54, 1.807) is 0 Å². The molecule has 1 aromatic rings. The van der Waals surface area contributed by atoms with Crippen LogP contribution in [0.15, 0.2) is 10.4 Å². The molecule has 1 fully saturated rings. The lowest BCUT2D eigenvalue weighted by Gasteiger charge is -2.24. The molecule has 2 rings (SSSR count). The number of aromatic nitrogens is 1. The van der Waals surface area contributed by atoms with Crippen molar-refractivity contribution in [3.05, 3.63) is 10.7 Å². The number of nitrogens with zero attached hydrogens (tertiary/aromatic N) is 2. The Bertz CT molecular complexity index is 513. The fourth-order valence-corrected chi connectivity index (χ4v) is 4.11. The van der Waals surface area contributed by atoms with Crippen LogP contribution in [0.2, 0.25) is 4.47 Å². The Labute approximate surface area is 116 Å². The van der Waals surface area contributed by atoms with E-state index in [4.69, 9.17) is 11.6 Å². The summed E-state index contributed by atoms with van der Waals surface area (Å²) in [5.41, 5.74) is 0. The summed E-state index contributed by atoms with van der Waals surface area (Å²) in [4.78, 5) is 5.95. The number of nitrogens with one attached hydrogen (secondary N) is 1. The quantitative estimate of drug-likeness (QED) is 0.866. The van der Waals surface area contributed by atoms with Crippen LogP contribution in [0.5, 0.6) is 0 Å². The molecular formula is C10H16ClN3O2S2. The summed E-state index contributed by atoms with van der Waals surface area (Å²) < 4.78 is 26.9. The molecule has 102 valence electrons. The summed E-state index contributed by atoms with van der Waals surface area (Å²) in [7, 11) is -1.45. The minimum atomic E-state index is -3.48. The highest BCUT2D eigenvalue weighted by Gasteiger charge is 2.29. The van der Waals surface area contributed by atoms with E-state index < -0.39 is 10.0 Å². The summed E-state index contributed by atoms with van der Waals surface area (Å²) in [5.74, 6) is 0. The van der Waals surface area contributed by atoms with Gasteiger partial charge < -0.3 is 0 Å². The van der Waals surface area contributed by atoms with Crippen LogP contribution in [0.3, 0.4) is 0 Å². The van der Waals surface area contributed by atoms with Crippen molar-refractivity contribution in [3.8, 4) is 0 Å². The molecule has 0 bridgehead atoms. The Kier molecular flexibility index (Phi) is 4.28. The third-order valence-corrected chi connectivity index (χ3v) is 6.11. The summed E-state index contributed by atoms with van der Waals surface area (Å²) >= 11 is 6.60. The van der Waals surface area contributed by atoms with E-state index in [1.165, 1.54) is 19.0 Å². The van der Waals surface area contributed by atoms with Crippen molar-refractivity contribution < 1.29 is 8.42 Å². The van der Waals surface area contributed by atoms with Gasteiger partial charge in [0.25, 0.3) is 10.0 Å². The first-order valence-corrected chi connectivity index (χ1v) is 8.41. The Morgan fingerprint density at radius 3 is 2.83 bits per heavy atom. The molecule has 0 amide bonds. The molecule has 1 aromatic heterocycles. The van der Waals surface area contributed by atoms with E-state index in [-0.39, 0.29) is 14.7 Å². The zero-order valence-electron chi connectivity index (χ0n) is 10.3. The van der Waals surface area contributed by atoms with Gasteiger partial charge in [-0.2, -0.15) is 0 Å². The van der Waals surface area contributed by atoms with Crippen molar-refractivity contribution >= 4 is 33.0 Å². The first-order valence-electron chi connectivity index (χ1n) is 5.73. The molecule has 18 heavy (non-hydrogen) atoms. The van der Waals surface area contributed by atoms with Gasteiger partial charge in [-0.05, 0) is 26.8 Å². The summed E-state index contributed by atoms with van der Waals surface area (Å²) in [6.45, 7) is 2.41. The van der Waals surface area contributed by atoms with Gasteiger partial charge in [-0.1, -0.05) is 22.9 Å². The molecule has 5 nitrogen and oxygen atoms in total. The average molecular weight is 310 g/mol. The first kappa shape index (κ1) is 14.2. The molecular weight excluding hydrogens is 294 g/mol. The molecule has 1 N–H and O–H groups in total. The van der Waals surface area contributed by atoms with Crippen molar-refractivity contribution in [1.82, 2.24) is 14.6 Å². The van der Waals surface area contributed by atoms with E-state index in [0.29, 0.717) is 12.6 Å². The van der Waals surface area contributed by atoms with E-state index >= 15 is 0 Å². The smallest absolute Gasteiger partial charge is 0.251 e. The Hall–Kier alpha value is -0.210. The monoisotopic (exact) mass is 309 g/mol. The molecule has 1 unspecified atom stereocenters. The predicted molar refractivity (Wildman–Crippen MR) is 72.6 cm³/mol. The van der Waals surface area contributed by atoms with Crippen LogP contribution in [0.25, 0.3) is 0 Å². The van der Waals surface area contributed by atoms with Gasteiger partial charge in [-0.15, -0.1) is 0 Å². The Morgan fingerprint density at radius 2 is 2.33 bits per heavy atom. The highest BCUT2D eigenvalue weighted by atomic mass is 35.5. The lowest BCUT2D eigenvalue weighted by molar-refractivity contribution is 0.248. The molecule has 0 spiro atoms. The molecule has 1 saturated carbocycles. The number of sulfonamides is 1. The van der Waals surface area contributed by atoms with Crippen LogP contribution >= 0.6 is 22.9 Å². The van der Waals surface area contributed by atoms with Crippen LogP contribution in [0.1, 0.15) is 19.8 Å². The molecule has 1 aliphatic rings. The second-order valence-corrected chi connectivity index (χ2v) is 8.14. The second-order valence-electron chi connectivity index (χ2n) is 4.53. The van der Waals surface area contributed by atoms with Gasteiger partial charge in [0.1, 0.15) is 0 Å². The number of likely N-dealkylation sites (N-methyl/N-ethyl adjacent to an activating group) is 1. The third-order valence-electron chi connectivity index (χ3n) is 3.11. The topological polar surface area (TPSA) is 62.3 Å². The zero-order chi connectivity index (χ0) is 13.3. The number of rotatable bonds is 6. The minimum absolute atomic E-state index is 0.161. The first-order chi connectivity index (χ1) is 8.40. The van der Waals surface area contributed by atoms with E-state index in [0.717, 1.165) is 11.3 Å². The van der Waals surface area contributed by atoms with Gasteiger partial charge >= 0.3 is 0 Å². The zero-order valence-corrected chi connectivity index (χ0v) is 12.6. The van der Waals surface area contributed by atoms with E-state index in [2.05, 4.69) is 14.6 Å². The second kappa shape index (κ2) is 5.42. The number of hydrogen-bond acceptors (Lipinski definition) is 5. The van der Waals surface area contributed by atoms with Crippen LogP contribution in [0.4, 0.5) is 0 Å². The van der Waals surface area contributed by atoms with Crippen molar-refractivity contribution in [1.29, 1.82) is 0 Å². The van der Waals surface area contributed by atoms with E-state index in [9.17, 15) is 8.42 Å². The van der Waals surface area contributed by atoms with Gasteiger partial charge in [0, 0.05) is 18.6 Å². The number of hydrogen-bond donors (Lipinski definition) is 1. The summed E-state index contributed by atoms with van der Waals surface area (Å²) in [5, 5.41) is 0. The van der Waals surface area contributed by atoms with Crippen molar-refractivity contribution in [2.24, 2.45) is 0 Å². The van der Waals surface area contributed by atoms with Crippen LogP contribution < -0.4 is 4.72 Å². The fourth-order valence-electron chi connectivity index (χ4n) is 1.65. The number of thiazole rings is 1. The highest BCUT2D eigenvalue weighted by molar-refractivity contribution is 7.91. The van der Waals surface area contributed by atoms with Crippen molar-refractivity contribution in [2.75, 3.05) is 13.6 Å². The summed E-state index contributed by atoms with van der Waals surface area (Å²) in [6.07, 6.45) is 3.70. The molecule has 0 aromatic carbocycles. The van der Waals surface area contributed by atoms with Crippen molar-refractivity contribution in [2.45, 2.75) is 36.1 Å². The van der Waals surface area contributed by atoms with Crippen LogP contribution in [-0.2, 0) is 10.0 Å². The largest absolute Gasteiger partial charge is 0.299 e. The maximum absolute atomic E-state index is 11.9. The normalized spacial score (nSPS) is 18.2. The molecule has 1 aliphatic carbocycles. The van der Waals surface area contributed by atoms with Gasteiger partial charge in [0.2, 0.25) is 0 Å². The van der Waals surface area contributed by atoms with Gasteiger partial charge in [0.15, 0.2) is 8.68 Å². The molecule has 8 heteroatoms.